The maximum absolute atomic E-state index is 12.3. The van der Waals surface area contributed by atoms with Crippen LogP contribution in [-0.2, 0) is 10.0 Å². The summed E-state index contributed by atoms with van der Waals surface area (Å²) in [6, 6.07) is 4.85. The number of hydrogen-bond donors (Lipinski definition) is 2. The fourth-order valence-corrected chi connectivity index (χ4v) is 4.31. The zero-order chi connectivity index (χ0) is 13.9. The molecule has 0 radical (unpaired) electrons. The number of halogens is 2. The van der Waals surface area contributed by atoms with Crippen molar-refractivity contribution in [3.05, 3.63) is 23.2 Å². The molecule has 1 heterocycles. The van der Waals surface area contributed by atoms with Crippen molar-refractivity contribution < 1.29 is 8.42 Å². The third kappa shape index (κ3) is 4.51. The van der Waals surface area contributed by atoms with E-state index in [1.54, 1.807) is 12.1 Å². The number of nitrogens with one attached hydrogen (secondary N) is 2. The molecule has 1 fully saturated rings. The Morgan fingerprint density at radius 2 is 2.00 bits per heavy atom. The topological polar surface area (TPSA) is 58.2 Å². The van der Waals surface area contributed by atoms with E-state index in [1.165, 1.54) is 17.8 Å². The van der Waals surface area contributed by atoms with Crippen molar-refractivity contribution in [1.82, 2.24) is 10.0 Å². The van der Waals surface area contributed by atoms with Crippen molar-refractivity contribution in [2.75, 3.05) is 19.3 Å². The fourth-order valence-electron chi connectivity index (χ4n) is 2.04. The molecule has 20 heavy (non-hydrogen) atoms. The molecule has 114 valence electrons. The van der Waals surface area contributed by atoms with E-state index in [-0.39, 0.29) is 23.3 Å². The lowest BCUT2D eigenvalue weighted by Crippen LogP contribution is -2.42. The van der Waals surface area contributed by atoms with Gasteiger partial charge in [-0.25, -0.2) is 13.1 Å². The third-order valence-corrected chi connectivity index (χ3v) is 5.83. The van der Waals surface area contributed by atoms with Crippen molar-refractivity contribution in [3.8, 4) is 0 Å². The molecule has 2 N–H and O–H groups in total. The number of piperidine rings is 1. The van der Waals surface area contributed by atoms with Gasteiger partial charge in [0.15, 0.2) is 0 Å². The van der Waals surface area contributed by atoms with Crippen LogP contribution in [0.3, 0.4) is 0 Å². The largest absolute Gasteiger partial charge is 0.317 e. The monoisotopic (exact) mass is 356 g/mol. The van der Waals surface area contributed by atoms with E-state index in [0.717, 1.165) is 30.8 Å². The highest BCUT2D eigenvalue weighted by molar-refractivity contribution is 7.98. The Morgan fingerprint density at radius 3 is 2.55 bits per heavy atom. The van der Waals surface area contributed by atoms with Crippen LogP contribution < -0.4 is 10.0 Å². The van der Waals surface area contributed by atoms with Gasteiger partial charge >= 0.3 is 0 Å². The molecule has 2 rings (SSSR count). The molecular weight excluding hydrogens is 339 g/mol. The smallest absolute Gasteiger partial charge is 0.240 e. The molecule has 1 saturated heterocycles. The molecule has 1 aromatic rings. The highest BCUT2D eigenvalue weighted by Gasteiger charge is 2.22. The minimum Gasteiger partial charge on any atom is -0.317 e. The average molecular weight is 357 g/mol. The predicted octanol–water partition coefficient (Wildman–Crippen LogP) is 2.51. The molecule has 1 aliphatic rings. The summed E-state index contributed by atoms with van der Waals surface area (Å²) in [4.78, 5) is 1.11. The summed E-state index contributed by atoms with van der Waals surface area (Å²) in [5.74, 6) is 0. The van der Waals surface area contributed by atoms with E-state index in [9.17, 15) is 8.42 Å². The third-order valence-electron chi connectivity index (χ3n) is 3.09. The first-order valence-corrected chi connectivity index (χ1v) is 9.18. The van der Waals surface area contributed by atoms with Crippen molar-refractivity contribution in [1.29, 1.82) is 0 Å². The molecule has 8 heteroatoms. The summed E-state index contributed by atoms with van der Waals surface area (Å²) in [7, 11) is -3.48. The fraction of sp³-hybridized carbons (Fsp3) is 0.500. The van der Waals surface area contributed by atoms with E-state index in [4.69, 9.17) is 11.6 Å². The highest BCUT2D eigenvalue weighted by Crippen LogP contribution is 2.27. The summed E-state index contributed by atoms with van der Waals surface area (Å²) in [5, 5.41) is 3.68. The van der Waals surface area contributed by atoms with Crippen molar-refractivity contribution >= 4 is 45.8 Å². The first-order valence-electron chi connectivity index (χ1n) is 6.09. The van der Waals surface area contributed by atoms with E-state index in [1.807, 2.05) is 6.26 Å². The van der Waals surface area contributed by atoms with E-state index in [0.29, 0.717) is 5.02 Å². The Balaban J connectivity index is 0.00000200. The molecule has 0 spiro atoms. The standard InChI is InChI=1S/C12H17ClN2O2S2.ClH/c1-18-12-3-2-10(8-11(12)13)19(16,17)15-9-4-6-14-7-5-9;/h2-3,8-9,14-15H,4-7H2,1H3;1H. The number of benzene rings is 1. The lowest BCUT2D eigenvalue weighted by atomic mass is 10.1. The summed E-state index contributed by atoms with van der Waals surface area (Å²) < 4.78 is 27.3. The van der Waals surface area contributed by atoms with Crippen LogP contribution >= 0.6 is 35.8 Å². The van der Waals surface area contributed by atoms with Crippen LogP contribution in [0, 0.1) is 0 Å². The number of sulfonamides is 1. The van der Waals surface area contributed by atoms with E-state index >= 15 is 0 Å². The van der Waals surface area contributed by atoms with Gasteiger partial charge in [0, 0.05) is 10.9 Å². The number of rotatable bonds is 4. The predicted molar refractivity (Wildman–Crippen MR) is 86.7 cm³/mol. The molecule has 1 aromatic carbocycles. The highest BCUT2D eigenvalue weighted by atomic mass is 35.5. The Bertz CT molecular complexity index is 546. The van der Waals surface area contributed by atoms with Gasteiger partial charge in [-0.1, -0.05) is 11.6 Å². The van der Waals surface area contributed by atoms with Gasteiger partial charge in [0.05, 0.1) is 9.92 Å². The van der Waals surface area contributed by atoms with Crippen LogP contribution in [0.4, 0.5) is 0 Å². The van der Waals surface area contributed by atoms with Crippen molar-refractivity contribution in [2.45, 2.75) is 28.7 Å². The van der Waals surface area contributed by atoms with Gasteiger partial charge in [0.25, 0.3) is 0 Å². The zero-order valence-electron chi connectivity index (χ0n) is 11.1. The van der Waals surface area contributed by atoms with Crippen molar-refractivity contribution in [2.24, 2.45) is 0 Å². The lowest BCUT2D eigenvalue weighted by Gasteiger charge is -2.23. The normalized spacial score (nSPS) is 16.7. The minimum atomic E-state index is -3.48. The van der Waals surface area contributed by atoms with Crippen LogP contribution in [0.25, 0.3) is 0 Å². The van der Waals surface area contributed by atoms with Crippen LogP contribution in [0.1, 0.15) is 12.8 Å². The van der Waals surface area contributed by atoms with Gasteiger partial charge in [-0.2, -0.15) is 0 Å². The van der Waals surface area contributed by atoms with Crippen molar-refractivity contribution in [3.63, 3.8) is 0 Å². The molecular formula is C12H18Cl2N2O2S2. The van der Waals surface area contributed by atoms with E-state index < -0.39 is 10.0 Å². The molecule has 0 aromatic heterocycles. The Kier molecular flexibility index (Phi) is 7.11. The van der Waals surface area contributed by atoms with Crippen LogP contribution in [0.2, 0.25) is 5.02 Å². The quantitative estimate of drug-likeness (QED) is 0.813. The number of thioether (sulfide) groups is 1. The molecule has 0 amide bonds. The van der Waals surface area contributed by atoms with Gasteiger partial charge in [-0.05, 0) is 50.4 Å². The summed E-state index contributed by atoms with van der Waals surface area (Å²) >= 11 is 7.55. The molecule has 1 aliphatic heterocycles. The summed E-state index contributed by atoms with van der Waals surface area (Å²) in [6.45, 7) is 1.69. The van der Waals surface area contributed by atoms with E-state index in [2.05, 4.69) is 10.0 Å². The lowest BCUT2D eigenvalue weighted by molar-refractivity contribution is 0.427. The Labute approximate surface area is 135 Å². The average Bonchev–Trinajstić information content (AvgIpc) is 2.39. The zero-order valence-corrected chi connectivity index (χ0v) is 14.3. The second-order valence-electron chi connectivity index (χ2n) is 4.44. The molecule has 0 aliphatic carbocycles. The van der Waals surface area contributed by atoms with Gasteiger partial charge in [0.1, 0.15) is 0 Å². The Hall–Kier alpha value is 0.0200. The first kappa shape index (κ1) is 18.1. The van der Waals surface area contributed by atoms with Crippen LogP contribution in [-0.4, -0.2) is 33.8 Å². The molecule has 0 unspecified atom stereocenters. The summed E-state index contributed by atoms with van der Waals surface area (Å²) in [6.07, 6.45) is 3.54. The molecule has 0 bridgehead atoms. The number of hydrogen-bond acceptors (Lipinski definition) is 4. The second-order valence-corrected chi connectivity index (χ2v) is 7.41. The maximum Gasteiger partial charge on any atom is 0.240 e. The van der Waals surface area contributed by atoms with Gasteiger partial charge in [0.2, 0.25) is 10.0 Å². The van der Waals surface area contributed by atoms with Crippen LogP contribution in [0.5, 0.6) is 0 Å². The maximum atomic E-state index is 12.3. The van der Waals surface area contributed by atoms with Gasteiger partial charge in [-0.3, -0.25) is 0 Å². The molecule has 0 atom stereocenters. The first-order chi connectivity index (χ1) is 9.03. The molecule has 0 saturated carbocycles. The second kappa shape index (κ2) is 7.87. The Morgan fingerprint density at radius 1 is 1.35 bits per heavy atom. The van der Waals surface area contributed by atoms with Gasteiger partial charge < -0.3 is 5.32 Å². The van der Waals surface area contributed by atoms with Gasteiger partial charge in [-0.15, -0.1) is 24.2 Å². The minimum absolute atomic E-state index is 0. The molecule has 4 nitrogen and oxygen atoms in total. The van der Waals surface area contributed by atoms with Crippen LogP contribution in [0.15, 0.2) is 28.0 Å². The SMILES string of the molecule is CSc1ccc(S(=O)(=O)NC2CCNCC2)cc1Cl.Cl. The summed E-state index contributed by atoms with van der Waals surface area (Å²) in [5.41, 5.74) is 0.